The second-order valence-electron chi connectivity index (χ2n) is 5.60. The standard InChI is InChI=1S/C15H24O5/c1-4-18-9(3)20-15(17)13-11-7-6-10(8-11)12(13)14(16)19-5-2/h9-13H,4-8H2,1-3H3. The van der Waals surface area contributed by atoms with Gasteiger partial charge in [-0.05, 0) is 51.9 Å². The molecule has 0 spiro atoms. The Balaban J connectivity index is 2.03. The maximum Gasteiger partial charge on any atom is 0.312 e. The van der Waals surface area contributed by atoms with E-state index in [1.165, 1.54) is 0 Å². The molecule has 0 aromatic rings. The van der Waals surface area contributed by atoms with E-state index in [0.29, 0.717) is 13.2 Å². The van der Waals surface area contributed by atoms with Gasteiger partial charge in [0, 0.05) is 6.61 Å². The van der Waals surface area contributed by atoms with E-state index < -0.39 is 6.29 Å². The molecule has 5 atom stereocenters. The zero-order chi connectivity index (χ0) is 14.7. The summed E-state index contributed by atoms with van der Waals surface area (Å²) in [4.78, 5) is 24.4. The minimum absolute atomic E-state index is 0.245. The Kier molecular flexibility index (Phi) is 5.02. The number of fused-ring (bicyclic) bond motifs is 2. The highest BCUT2D eigenvalue weighted by Gasteiger charge is 2.55. The van der Waals surface area contributed by atoms with E-state index in [4.69, 9.17) is 14.2 Å². The van der Waals surface area contributed by atoms with Crippen LogP contribution in [-0.2, 0) is 23.8 Å². The van der Waals surface area contributed by atoms with E-state index in [1.807, 2.05) is 6.92 Å². The quantitative estimate of drug-likeness (QED) is 0.552. The van der Waals surface area contributed by atoms with Crippen LogP contribution in [0.5, 0.6) is 0 Å². The molecule has 2 aliphatic rings. The zero-order valence-corrected chi connectivity index (χ0v) is 12.5. The van der Waals surface area contributed by atoms with Gasteiger partial charge in [0.1, 0.15) is 0 Å². The first-order valence-electron chi connectivity index (χ1n) is 7.57. The minimum atomic E-state index is -0.561. The largest absolute Gasteiger partial charge is 0.466 e. The van der Waals surface area contributed by atoms with Gasteiger partial charge < -0.3 is 14.2 Å². The Hall–Kier alpha value is -1.10. The van der Waals surface area contributed by atoms with Crippen molar-refractivity contribution in [2.24, 2.45) is 23.7 Å². The van der Waals surface area contributed by atoms with Crippen LogP contribution in [0.4, 0.5) is 0 Å². The lowest BCUT2D eigenvalue weighted by Crippen LogP contribution is -2.38. The molecular formula is C15H24O5. The van der Waals surface area contributed by atoms with Crippen LogP contribution >= 0.6 is 0 Å². The smallest absolute Gasteiger partial charge is 0.312 e. The first kappa shape index (κ1) is 15.3. The van der Waals surface area contributed by atoms with Crippen LogP contribution in [0.2, 0.25) is 0 Å². The molecule has 0 aliphatic heterocycles. The van der Waals surface area contributed by atoms with Gasteiger partial charge in [0.25, 0.3) is 0 Å². The lowest BCUT2D eigenvalue weighted by Gasteiger charge is -2.28. The highest BCUT2D eigenvalue weighted by molar-refractivity contribution is 5.83. The van der Waals surface area contributed by atoms with Crippen molar-refractivity contribution < 1.29 is 23.8 Å². The molecule has 0 radical (unpaired) electrons. The van der Waals surface area contributed by atoms with Crippen molar-refractivity contribution in [1.82, 2.24) is 0 Å². The van der Waals surface area contributed by atoms with Crippen LogP contribution in [0, 0.1) is 23.7 Å². The van der Waals surface area contributed by atoms with E-state index >= 15 is 0 Å². The molecule has 0 aromatic heterocycles. The topological polar surface area (TPSA) is 61.8 Å². The van der Waals surface area contributed by atoms with Crippen LogP contribution in [0.1, 0.15) is 40.0 Å². The fourth-order valence-electron chi connectivity index (χ4n) is 3.72. The van der Waals surface area contributed by atoms with Gasteiger partial charge in [-0.3, -0.25) is 9.59 Å². The Morgan fingerprint density at radius 3 is 2.20 bits per heavy atom. The number of hydrogen-bond acceptors (Lipinski definition) is 5. The average molecular weight is 284 g/mol. The average Bonchev–Trinajstić information content (AvgIpc) is 2.99. The summed E-state index contributed by atoms with van der Waals surface area (Å²) in [7, 11) is 0. The Morgan fingerprint density at radius 2 is 1.65 bits per heavy atom. The van der Waals surface area contributed by atoms with E-state index in [9.17, 15) is 9.59 Å². The van der Waals surface area contributed by atoms with Crippen molar-refractivity contribution >= 4 is 11.9 Å². The van der Waals surface area contributed by atoms with Gasteiger partial charge in [-0.15, -0.1) is 0 Å². The monoisotopic (exact) mass is 284 g/mol. The first-order chi connectivity index (χ1) is 9.58. The number of carbonyl (C=O) groups is 2. The zero-order valence-electron chi connectivity index (χ0n) is 12.5. The molecule has 0 saturated heterocycles. The highest BCUT2D eigenvalue weighted by Crippen LogP contribution is 2.53. The maximum atomic E-state index is 12.3. The van der Waals surface area contributed by atoms with E-state index in [0.717, 1.165) is 19.3 Å². The second-order valence-corrected chi connectivity index (χ2v) is 5.60. The van der Waals surface area contributed by atoms with Gasteiger partial charge in [-0.1, -0.05) is 0 Å². The van der Waals surface area contributed by atoms with Crippen LogP contribution in [-0.4, -0.2) is 31.4 Å². The highest BCUT2D eigenvalue weighted by atomic mass is 16.7. The van der Waals surface area contributed by atoms with Gasteiger partial charge in [0.15, 0.2) is 6.29 Å². The molecule has 2 fully saturated rings. The first-order valence-corrected chi connectivity index (χ1v) is 7.57. The predicted molar refractivity (Wildman–Crippen MR) is 71.6 cm³/mol. The normalized spacial score (nSPS) is 33.0. The summed E-state index contributed by atoms with van der Waals surface area (Å²) in [5, 5.41) is 0. The fourth-order valence-corrected chi connectivity index (χ4v) is 3.72. The van der Waals surface area contributed by atoms with E-state index in [1.54, 1.807) is 13.8 Å². The minimum Gasteiger partial charge on any atom is -0.466 e. The third kappa shape index (κ3) is 2.97. The number of esters is 2. The van der Waals surface area contributed by atoms with Gasteiger partial charge in [-0.2, -0.15) is 0 Å². The molecule has 5 nitrogen and oxygen atoms in total. The molecular weight excluding hydrogens is 260 g/mol. The summed E-state index contributed by atoms with van der Waals surface area (Å²) in [5.41, 5.74) is 0. The SMILES string of the molecule is CCOC(=O)C1C2CCC(C2)C1C(=O)OC(C)OCC. The molecule has 5 heteroatoms. The molecule has 5 unspecified atom stereocenters. The maximum absolute atomic E-state index is 12.3. The molecule has 2 aliphatic carbocycles. The third-order valence-corrected chi connectivity index (χ3v) is 4.43. The van der Waals surface area contributed by atoms with Crippen molar-refractivity contribution in [2.45, 2.75) is 46.3 Å². The molecule has 0 heterocycles. The molecule has 114 valence electrons. The van der Waals surface area contributed by atoms with Gasteiger partial charge in [0.05, 0.1) is 18.4 Å². The number of ether oxygens (including phenoxy) is 3. The lowest BCUT2D eigenvalue weighted by molar-refractivity contribution is -0.185. The predicted octanol–water partition coefficient (Wildman–Crippen LogP) is 2.14. The third-order valence-electron chi connectivity index (χ3n) is 4.43. The Bertz CT molecular complexity index is 367. The molecule has 0 N–H and O–H groups in total. The van der Waals surface area contributed by atoms with Crippen LogP contribution in [0.15, 0.2) is 0 Å². The Labute approximate surface area is 120 Å². The lowest BCUT2D eigenvalue weighted by atomic mass is 9.79. The molecule has 2 bridgehead atoms. The van der Waals surface area contributed by atoms with Gasteiger partial charge in [-0.25, -0.2) is 0 Å². The van der Waals surface area contributed by atoms with Crippen molar-refractivity contribution in [3.05, 3.63) is 0 Å². The molecule has 0 amide bonds. The number of rotatable bonds is 6. The molecule has 0 aromatic carbocycles. The molecule has 2 saturated carbocycles. The molecule has 2 rings (SSSR count). The van der Waals surface area contributed by atoms with Crippen molar-refractivity contribution in [3.8, 4) is 0 Å². The van der Waals surface area contributed by atoms with Crippen molar-refractivity contribution in [2.75, 3.05) is 13.2 Å². The number of carbonyl (C=O) groups excluding carboxylic acids is 2. The van der Waals surface area contributed by atoms with Crippen LogP contribution in [0.25, 0.3) is 0 Å². The van der Waals surface area contributed by atoms with Crippen molar-refractivity contribution in [1.29, 1.82) is 0 Å². The summed E-state index contributed by atoms with van der Waals surface area (Å²) in [6.45, 7) is 6.18. The summed E-state index contributed by atoms with van der Waals surface area (Å²) < 4.78 is 15.7. The van der Waals surface area contributed by atoms with Crippen LogP contribution in [0.3, 0.4) is 0 Å². The van der Waals surface area contributed by atoms with Gasteiger partial charge >= 0.3 is 11.9 Å². The molecule has 20 heavy (non-hydrogen) atoms. The van der Waals surface area contributed by atoms with E-state index in [-0.39, 0.29) is 35.6 Å². The summed E-state index contributed by atoms with van der Waals surface area (Å²) >= 11 is 0. The van der Waals surface area contributed by atoms with Crippen LogP contribution < -0.4 is 0 Å². The second kappa shape index (κ2) is 6.57. The van der Waals surface area contributed by atoms with E-state index in [2.05, 4.69) is 0 Å². The summed E-state index contributed by atoms with van der Waals surface area (Å²) in [6.07, 6.45) is 2.39. The van der Waals surface area contributed by atoms with Crippen molar-refractivity contribution in [3.63, 3.8) is 0 Å². The number of hydrogen-bond donors (Lipinski definition) is 0. The van der Waals surface area contributed by atoms with Gasteiger partial charge in [0.2, 0.25) is 0 Å². The summed E-state index contributed by atoms with van der Waals surface area (Å²) in [6, 6.07) is 0. The Morgan fingerprint density at radius 1 is 1.05 bits per heavy atom. The fraction of sp³-hybridized carbons (Fsp3) is 0.867. The summed E-state index contributed by atoms with van der Waals surface area (Å²) in [5.74, 6) is -0.692.